The average molecular weight is 314 g/mol. The van der Waals surface area contributed by atoms with Crippen LogP contribution in [-0.2, 0) is 10.1 Å². The van der Waals surface area contributed by atoms with Crippen LogP contribution in [0.1, 0.15) is 29.5 Å². The molecule has 3 rings (SSSR count). The summed E-state index contributed by atoms with van der Waals surface area (Å²) in [6.07, 6.45) is 2.02. The van der Waals surface area contributed by atoms with E-state index < -0.39 is 0 Å². The number of hydrogen-bond donors (Lipinski definition) is 0. The Balaban J connectivity index is 2.20. The molecule has 0 aliphatic heterocycles. The van der Waals surface area contributed by atoms with Crippen molar-refractivity contribution in [2.75, 3.05) is 6.61 Å². The molecule has 120 valence electrons. The van der Waals surface area contributed by atoms with Crippen LogP contribution in [0.3, 0.4) is 0 Å². The monoisotopic (exact) mass is 314 g/mol. The molecule has 0 saturated carbocycles. The molecular weight excluding hydrogens is 291 g/mol. The average Bonchev–Trinajstić information content (AvgIpc) is 2.68. The normalized spacial score (nSPS) is 11.3. The lowest BCUT2D eigenvalue weighted by Crippen LogP contribution is -2.30. The first kappa shape index (κ1) is 16.5. The Morgan fingerprint density at radius 1 is 0.625 bits per heavy atom. The molecule has 0 aromatic heterocycles. The Morgan fingerprint density at radius 2 is 1.00 bits per heavy atom. The summed E-state index contributed by atoms with van der Waals surface area (Å²) in [5, 5.41) is 0. The quantitative estimate of drug-likeness (QED) is 0.357. The van der Waals surface area contributed by atoms with Crippen molar-refractivity contribution in [3.8, 4) is 0 Å². The number of benzene rings is 3. The molecule has 0 unspecified atom stereocenters. The Kier molecular flexibility index (Phi) is 5.50. The van der Waals surface area contributed by atoms with Gasteiger partial charge in [-0.2, -0.15) is 0 Å². The molecule has 0 radical (unpaired) electrons. The van der Waals surface area contributed by atoms with Crippen LogP contribution in [0, 0.1) is 0 Å². The summed E-state index contributed by atoms with van der Waals surface area (Å²) < 4.78 is 5.34. The van der Waals surface area contributed by atoms with Gasteiger partial charge in [0.2, 0.25) is 0 Å². The SMILES string of the molecule is BOCCCC(c1ccccc1)(c1ccccc1)c1ccccc1. The fourth-order valence-electron chi connectivity index (χ4n) is 3.58. The molecule has 0 aliphatic rings. The first-order valence-corrected chi connectivity index (χ1v) is 8.53. The third kappa shape index (κ3) is 3.29. The second kappa shape index (κ2) is 7.98. The maximum atomic E-state index is 5.34. The van der Waals surface area contributed by atoms with Crippen LogP contribution < -0.4 is 0 Å². The molecule has 0 heterocycles. The fraction of sp³-hybridized carbons (Fsp3) is 0.182. The minimum absolute atomic E-state index is 0.150. The lowest BCUT2D eigenvalue weighted by Gasteiger charge is -2.36. The minimum atomic E-state index is -0.150. The Bertz CT molecular complexity index is 629. The molecule has 0 atom stereocenters. The summed E-state index contributed by atoms with van der Waals surface area (Å²) >= 11 is 0. The van der Waals surface area contributed by atoms with Crippen molar-refractivity contribution >= 4 is 8.05 Å². The van der Waals surface area contributed by atoms with Crippen molar-refractivity contribution in [1.29, 1.82) is 0 Å². The molecule has 3 aromatic rings. The summed E-state index contributed by atoms with van der Waals surface area (Å²) in [6, 6.07) is 32.5. The predicted molar refractivity (Wildman–Crippen MR) is 103 cm³/mol. The van der Waals surface area contributed by atoms with Gasteiger partial charge in [-0.25, -0.2) is 0 Å². The maximum absolute atomic E-state index is 5.34. The molecular formula is C22H23BO. The zero-order valence-electron chi connectivity index (χ0n) is 14.2. The van der Waals surface area contributed by atoms with Crippen molar-refractivity contribution in [2.45, 2.75) is 18.3 Å². The van der Waals surface area contributed by atoms with Crippen molar-refractivity contribution < 1.29 is 4.65 Å². The summed E-state index contributed by atoms with van der Waals surface area (Å²) in [6.45, 7) is 0.772. The molecule has 24 heavy (non-hydrogen) atoms. The van der Waals surface area contributed by atoms with Crippen LogP contribution >= 0.6 is 0 Å². The van der Waals surface area contributed by atoms with E-state index in [0.717, 1.165) is 19.4 Å². The van der Waals surface area contributed by atoms with Crippen LogP contribution in [-0.4, -0.2) is 14.7 Å². The first-order chi connectivity index (χ1) is 11.9. The summed E-state index contributed by atoms with van der Waals surface area (Å²) in [5.74, 6) is 0. The lowest BCUT2D eigenvalue weighted by molar-refractivity contribution is 0.322. The van der Waals surface area contributed by atoms with Gasteiger partial charge in [-0.05, 0) is 29.5 Å². The van der Waals surface area contributed by atoms with Crippen LogP contribution in [0.15, 0.2) is 91.0 Å². The maximum Gasteiger partial charge on any atom is 0.257 e. The zero-order chi connectivity index (χ0) is 16.7. The van der Waals surface area contributed by atoms with E-state index in [1.165, 1.54) is 16.7 Å². The zero-order valence-corrected chi connectivity index (χ0v) is 14.2. The van der Waals surface area contributed by atoms with Gasteiger partial charge >= 0.3 is 0 Å². The van der Waals surface area contributed by atoms with Gasteiger partial charge in [-0.3, -0.25) is 0 Å². The summed E-state index contributed by atoms with van der Waals surface area (Å²) in [7, 11) is 1.77. The van der Waals surface area contributed by atoms with Gasteiger partial charge in [0.05, 0.1) is 0 Å². The second-order valence-corrected chi connectivity index (χ2v) is 6.10. The topological polar surface area (TPSA) is 9.23 Å². The second-order valence-electron chi connectivity index (χ2n) is 6.10. The molecule has 0 fully saturated rings. The molecule has 0 amide bonds. The van der Waals surface area contributed by atoms with Crippen LogP contribution in [0.5, 0.6) is 0 Å². The highest BCUT2D eigenvalue weighted by atomic mass is 16.4. The molecule has 3 aromatic carbocycles. The van der Waals surface area contributed by atoms with Crippen LogP contribution in [0.25, 0.3) is 0 Å². The van der Waals surface area contributed by atoms with Gasteiger partial charge < -0.3 is 4.65 Å². The fourth-order valence-corrected chi connectivity index (χ4v) is 3.58. The van der Waals surface area contributed by atoms with Crippen molar-refractivity contribution in [3.05, 3.63) is 108 Å². The van der Waals surface area contributed by atoms with Gasteiger partial charge in [0.1, 0.15) is 0 Å². The van der Waals surface area contributed by atoms with E-state index in [1.54, 1.807) is 8.05 Å². The van der Waals surface area contributed by atoms with Crippen molar-refractivity contribution in [2.24, 2.45) is 0 Å². The number of hydrogen-bond acceptors (Lipinski definition) is 1. The van der Waals surface area contributed by atoms with Crippen LogP contribution in [0.4, 0.5) is 0 Å². The number of rotatable bonds is 7. The highest BCUT2D eigenvalue weighted by molar-refractivity contribution is 5.97. The molecule has 0 N–H and O–H groups in total. The smallest absolute Gasteiger partial charge is 0.257 e. The standard InChI is InChI=1S/C22H23BO/c23-24-18-10-17-22(19-11-4-1-5-12-19,20-13-6-2-7-14-20)21-15-8-3-9-16-21/h1-9,11-16H,10,17-18,23H2. The lowest BCUT2D eigenvalue weighted by atomic mass is 9.67. The van der Waals surface area contributed by atoms with Crippen LogP contribution in [0.2, 0.25) is 0 Å². The molecule has 0 aliphatic carbocycles. The van der Waals surface area contributed by atoms with Crippen molar-refractivity contribution in [3.63, 3.8) is 0 Å². The van der Waals surface area contributed by atoms with E-state index in [9.17, 15) is 0 Å². The Morgan fingerprint density at radius 3 is 1.33 bits per heavy atom. The molecule has 2 heteroatoms. The largest absolute Gasteiger partial charge is 0.444 e. The van der Waals surface area contributed by atoms with Gasteiger partial charge in [0.15, 0.2) is 0 Å². The highest BCUT2D eigenvalue weighted by Gasteiger charge is 2.35. The van der Waals surface area contributed by atoms with E-state index in [2.05, 4.69) is 91.0 Å². The van der Waals surface area contributed by atoms with E-state index in [4.69, 9.17) is 4.65 Å². The third-order valence-electron chi connectivity index (χ3n) is 4.70. The van der Waals surface area contributed by atoms with Gasteiger partial charge in [0.25, 0.3) is 8.05 Å². The van der Waals surface area contributed by atoms with Crippen molar-refractivity contribution in [1.82, 2.24) is 0 Å². The van der Waals surface area contributed by atoms with Gasteiger partial charge in [-0.1, -0.05) is 91.0 Å². The third-order valence-corrected chi connectivity index (χ3v) is 4.70. The van der Waals surface area contributed by atoms with E-state index >= 15 is 0 Å². The summed E-state index contributed by atoms with van der Waals surface area (Å²) in [4.78, 5) is 0. The minimum Gasteiger partial charge on any atom is -0.444 e. The molecule has 0 spiro atoms. The van der Waals surface area contributed by atoms with E-state index in [-0.39, 0.29) is 5.41 Å². The Labute approximate surface area is 145 Å². The predicted octanol–water partition coefficient (Wildman–Crippen LogP) is 4.37. The van der Waals surface area contributed by atoms with Gasteiger partial charge in [-0.15, -0.1) is 0 Å². The first-order valence-electron chi connectivity index (χ1n) is 8.53. The molecule has 1 nitrogen and oxygen atoms in total. The molecule has 0 bridgehead atoms. The van der Waals surface area contributed by atoms with E-state index in [1.807, 2.05) is 0 Å². The van der Waals surface area contributed by atoms with Gasteiger partial charge in [0, 0.05) is 12.0 Å². The Hall–Kier alpha value is -2.32. The van der Waals surface area contributed by atoms with E-state index in [0.29, 0.717) is 0 Å². The summed E-state index contributed by atoms with van der Waals surface area (Å²) in [5.41, 5.74) is 3.85. The molecule has 0 saturated heterocycles. The highest BCUT2D eigenvalue weighted by Crippen LogP contribution is 2.42.